The Morgan fingerprint density at radius 2 is 2.07 bits per heavy atom. The summed E-state index contributed by atoms with van der Waals surface area (Å²) in [6, 6.07) is 7.42. The molecule has 1 aromatic carbocycles. The molecule has 0 aliphatic rings. The number of aliphatic hydroxyl groups is 2. The Kier molecular flexibility index (Phi) is 2.95. The second-order valence-electron chi connectivity index (χ2n) is 3.35. The summed E-state index contributed by atoms with van der Waals surface area (Å²) < 4.78 is 0. The molecule has 4 nitrogen and oxygen atoms in total. The van der Waals surface area contributed by atoms with Crippen LogP contribution in [0.2, 0.25) is 0 Å². The Labute approximate surface area is 92.3 Å². The van der Waals surface area contributed by atoms with Crippen molar-refractivity contribution in [2.24, 2.45) is 0 Å². The number of hydrogen-bond acceptors (Lipinski definition) is 4. The second kappa shape index (κ2) is 4.22. The summed E-state index contributed by atoms with van der Waals surface area (Å²) in [5.74, 6) is 0.203. The molecule has 2 atom stereocenters. The first kappa shape index (κ1) is 10.5. The van der Waals surface area contributed by atoms with Crippen molar-refractivity contribution in [2.45, 2.75) is 12.2 Å². The lowest BCUT2D eigenvalue weighted by Gasteiger charge is -2.14. The molecule has 3 N–H and O–H groups in total. The molecule has 0 spiro atoms. The molecule has 2 aromatic rings. The second-order valence-corrected chi connectivity index (χ2v) is 3.71. The maximum absolute atomic E-state index is 9.81. The molecule has 0 aliphatic carbocycles. The van der Waals surface area contributed by atoms with Gasteiger partial charge in [0.05, 0.1) is 17.3 Å². The molecular formula is C10H12N2O2S. The molecule has 1 aromatic heterocycles. The fourth-order valence-electron chi connectivity index (χ4n) is 1.50. The average Bonchev–Trinajstić information content (AvgIpc) is 2.70. The molecule has 0 aliphatic heterocycles. The lowest BCUT2D eigenvalue weighted by molar-refractivity contribution is 0.0319. The zero-order valence-electron chi connectivity index (χ0n) is 7.96. The zero-order chi connectivity index (χ0) is 10.8. The number of benzene rings is 1. The Balaban J connectivity index is 2.43. The Morgan fingerprint density at radius 3 is 2.80 bits per heavy atom. The first-order chi connectivity index (χ1) is 7.24. The van der Waals surface area contributed by atoms with Crippen molar-refractivity contribution >= 4 is 23.5 Å². The third kappa shape index (κ3) is 1.86. The van der Waals surface area contributed by atoms with E-state index in [1.807, 2.05) is 24.3 Å². The summed E-state index contributed by atoms with van der Waals surface area (Å²) in [4.78, 5) is 0. The summed E-state index contributed by atoms with van der Waals surface area (Å²) in [5, 5.41) is 26.9. The van der Waals surface area contributed by atoms with Crippen molar-refractivity contribution in [1.82, 2.24) is 10.2 Å². The molecule has 80 valence electrons. The van der Waals surface area contributed by atoms with Gasteiger partial charge >= 0.3 is 0 Å². The molecule has 0 radical (unpaired) electrons. The first-order valence-corrected chi connectivity index (χ1v) is 5.27. The Bertz CT molecular complexity index is 457. The number of nitrogens with one attached hydrogen (secondary N) is 1. The van der Waals surface area contributed by atoms with Crippen LogP contribution in [0.5, 0.6) is 0 Å². The largest absolute Gasteiger partial charge is 0.389 e. The van der Waals surface area contributed by atoms with Crippen molar-refractivity contribution in [3.8, 4) is 0 Å². The van der Waals surface area contributed by atoms with Crippen LogP contribution in [0.1, 0.15) is 11.8 Å². The van der Waals surface area contributed by atoms with E-state index in [2.05, 4.69) is 22.8 Å². The molecule has 1 heterocycles. The van der Waals surface area contributed by atoms with Crippen LogP contribution in [0, 0.1) is 0 Å². The van der Waals surface area contributed by atoms with E-state index in [4.69, 9.17) is 0 Å². The first-order valence-electron chi connectivity index (χ1n) is 4.64. The van der Waals surface area contributed by atoms with Gasteiger partial charge in [0.2, 0.25) is 0 Å². The van der Waals surface area contributed by atoms with Crippen LogP contribution in [0.15, 0.2) is 24.3 Å². The molecule has 2 rings (SSSR count). The number of rotatable bonds is 3. The molecule has 0 bridgehead atoms. The number of fused-ring (bicyclic) bond motifs is 1. The van der Waals surface area contributed by atoms with Gasteiger partial charge in [0.15, 0.2) is 0 Å². The van der Waals surface area contributed by atoms with Gasteiger partial charge in [-0.2, -0.15) is 17.7 Å². The predicted octanol–water partition coefficient (Wildman–Crippen LogP) is 0.887. The third-order valence-corrected chi connectivity index (χ3v) is 2.71. The van der Waals surface area contributed by atoms with Gasteiger partial charge < -0.3 is 10.2 Å². The number of aromatic amines is 1. The van der Waals surface area contributed by atoms with Gasteiger partial charge in [-0.1, -0.05) is 18.2 Å². The standard InChI is InChI=1S/C10H12N2O2S/c13-8(5-15)10(14)9-6-3-1-2-4-7(6)11-12-9/h1-4,8,10,13-15H,5H2,(H,11,12). The number of thiol groups is 1. The summed E-state index contributed by atoms with van der Waals surface area (Å²) in [6.45, 7) is 0. The molecule has 15 heavy (non-hydrogen) atoms. The van der Waals surface area contributed by atoms with Crippen LogP contribution in [0.4, 0.5) is 0 Å². The van der Waals surface area contributed by atoms with Gasteiger partial charge in [-0.15, -0.1) is 0 Å². The predicted molar refractivity (Wildman–Crippen MR) is 60.9 cm³/mol. The maximum atomic E-state index is 9.81. The van der Waals surface area contributed by atoms with E-state index in [9.17, 15) is 10.2 Å². The van der Waals surface area contributed by atoms with E-state index in [1.54, 1.807) is 0 Å². The van der Waals surface area contributed by atoms with Crippen LogP contribution in [-0.4, -0.2) is 32.3 Å². The Morgan fingerprint density at radius 1 is 1.33 bits per heavy atom. The van der Waals surface area contributed by atoms with Crippen molar-refractivity contribution in [3.63, 3.8) is 0 Å². The van der Waals surface area contributed by atoms with Gasteiger partial charge in [-0.3, -0.25) is 5.10 Å². The van der Waals surface area contributed by atoms with Crippen molar-refractivity contribution in [1.29, 1.82) is 0 Å². The number of hydrogen-bond donors (Lipinski definition) is 4. The lowest BCUT2D eigenvalue weighted by Crippen LogP contribution is -2.20. The molecule has 0 fully saturated rings. The van der Waals surface area contributed by atoms with E-state index in [-0.39, 0.29) is 5.75 Å². The van der Waals surface area contributed by atoms with E-state index < -0.39 is 12.2 Å². The number of aromatic nitrogens is 2. The van der Waals surface area contributed by atoms with Gasteiger partial charge in [-0.05, 0) is 6.07 Å². The fourth-order valence-corrected chi connectivity index (χ4v) is 1.70. The minimum Gasteiger partial charge on any atom is -0.389 e. The highest BCUT2D eigenvalue weighted by Gasteiger charge is 2.20. The van der Waals surface area contributed by atoms with E-state index in [0.717, 1.165) is 10.9 Å². The van der Waals surface area contributed by atoms with Crippen molar-refractivity contribution < 1.29 is 10.2 Å². The number of para-hydroxylation sites is 1. The molecule has 2 unspecified atom stereocenters. The molecule has 0 amide bonds. The van der Waals surface area contributed by atoms with Crippen molar-refractivity contribution in [3.05, 3.63) is 30.0 Å². The van der Waals surface area contributed by atoms with Crippen LogP contribution < -0.4 is 0 Å². The average molecular weight is 224 g/mol. The fraction of sp³-hybridized carbons (Fsp3) is 0.300. The van der Waals surface area contributed by atoms with Gasteiger partial charge in [0, 0.05) is 11.1 Å². The molecule has 0 saturated heterocycles. The summed E-state index contributed by atoms with van der Waals surface area (Å²) in [6.07, 6.45) is -1.87. The van der Waals surface area contributed by atoms with Crippen LogP contribution >= 0.6 is 12.6 Å². The van der Waals surface area contributed by atoms with Gasteiger partial charge in [0.1, 0.15) is 6.10 Å². The normalized spacial score (nSPS) is 15.4. The van der Waals surface area contributed by atoms with E-state index in [0.29, 0.717) is 5.69 Å². The third-order valence-electron chi connectivity index (χ3n) is 2.34. The van der Waals surface area contributed by atoms with E-state index in [1.165, 1.54) is 0 Å². The molecule has 5 heteroatoms. The molecule has 0 saturated carbocycles. The summed E-state index contributed by atoms with van der Waals surface area (Å²) >= 11 is 3.94. The monoisotopic (exact) mass is 224 g/mol. The molecular weight excluding hydrogens is 212 g/mol. The quantitative estimate of drug-likeness (QED) is 0.585. The lowest BCUT2D eigenvalue weighted by atomic mass is 10.1. The van der Waals surface area contributed by atoms with Crippen LogP contribution in [0.25, 0.3) is 10.9 Å². The highest BCUT2D eigenvalue weighted by molar-refractivity contribution is 7.80. The highest BCUT2D eigenvalue weighted by Crippen LogP contribution is 2.23. The maximum Gasteiger partial charge on any atom is 0.123 e. The van der Waals surface area contributed by atoms with E-state index >= 15 is 0 Å². The van der Waals surface area contributed by atoms with Crippen molar-refractivity contribution in [2.75, 3.05) is 5.75 Å². The van der Waals surface area contributed by atoms with Crippen LogP contribution in [0.3, 0.4) is 0 Å². The topological polar surface area (TPSA) is 69.1 Å². The summed E-state index contributed by atoms with van der Waals surface area (Å²) in [5.41, 5.74) is 1.31. The number of aliphatic hydroxyl groups excluding tert-OH is 2. The smallest absolute Gasteiger partial charge is 0.123 e. The highest BCUT2D eigenvalue weighted by atomic mass is 32.1. The van der Waals surface area contributed by atoms with Gasteiger partial charge in [-0.25, -0.2) is 0 Å². The SMILES string of the molecule is OC(CS)C(O)c1[nH]nc2ccccc12. The summed E-state index contributed by atoms with van der Waals surface area (Å²) in [7, 11) is 0. The number of H-pyrrole nitrogens is 1. The Hall–Kier alpha value is -1.04. The minimum atomic E-state index is -0.977. The zero-order valence-corrected chi connectivity index (χ0v) is 8.85. The minimum absolute atomic E-state index is 0.203. The van der Waals surface area contributed by atoms with Crippen LogP contribution in [-0.2, 0) is 0 Å². The number of nitrogens with zero attached hydrogens (tertiary/aromatic N) is 1. The van der Waals surface area contributed by atoms with Gasteiger partial charge in [0.25, 0.3) is 0 Å².